The predicted molar refractivity (Wildman–Crippen MR) is 67.4 cm³/mol. The first-order chi connectivity index (χ1) is 7.16. The van der Waals surface area contributed by atoms with Gasteiger partial charge in [-0.1, -0.05) is 13.8 Å². The van der Waals surface area contributed by atoms with Crippen LogP contribution in [0.1, 0.15) is 33.1 Å². The Bertz CT molecular complexity index is 252. The fourth-order valence-corrected chi connectivity index (χ4v) is 4.47. The molecule has 0 aliphatic carbocycles. The average molecular weight is 227 g/mol. The molecule has 2 aliphatic rings. The summed E-state index contributed by atoms with van der Waals surface area (Å²) in [5.41, 5.74) is 0.893. The maximum absolute atomic E-state index is 5.70. The lowest BCUT2D eigenvalue weighted by Crippen LogP contribution is -2.13. The number of nitrogens with zero attached hydrogens (tertiary/aromatic N) is 1. The van der Waals surface area contributed by atoms with Crippen LogP contribution >= 0.6 is 7.92 Å². The zero-order chi connectivity index (χ0) is 10.8. The number of aliphatic imine (C=N–C) groups is 1. The van der Waals surface area contributed by atoms with E-state index in [1.807, 2.05) is 0 Å². The van der Waals surface area contributed by atoms with E-state index in [0.29, 0.717) is 12.0 Å². The molecular weight excluding hydrogens is 205 g/mol. The summed E-state index contributed by atoms with van der Waals surface area (Å²) in [5, 5.41) is 0. The summed E-state index contributed by atoms with van der Waals surface area (Å²) in [6.45, 7) is 7.70. The van der Waals surface area contributed by atoms with Crippen LogP contribution in [0, 0.1) is 5.92 Å². The normalized spacial score (nSPS) is 35.7. The first-order valence-electron chi connectivity index (χ1n) is 6.06. The Morgan fingerprint density at radius 2 is 2.33 bits per heavy atom. The molecule has 0 aromatic carbocycles. The van der Waals surface area contributed by atoms with Gasteiger partial charge in [0.2, 0.25) is 0 Å². The van der Waals surface area contributed by atoms with Crippen LogP contribution in [0.15, 0.2) is 4.99 Å². The standard InChI is InChI=1S/C12H22NOP/c1-9(2)11-8-14-12(13-11)7-10-5-4-6-15(10)3/h9-11H,4-8H2,1-3H3/t10-,11-,15?/m1/s1. The van der Waals surface area contributed by atoms with Gasteiger partial charge in [-0.05, 0) is 37.2 Å². The quantitative estimate of drug-likeness (QED) is 0.679. The van der Waals surface area contributed by atoms with Crippen LogP contribution in [-0.4, -0.2) is 37.0 Å². The summed E-state index contributed by atoms with van der Waals surface area (Å²) in [5.74, 6) is 1.67. The van der Waals surface area contributed by atoms with E-state index in [2.05, 4.69) is 20.5 Å². The van der Waals surface area contributed by atoms with Gasteiger partial charge < -0.3 is 4.74 Å². The molecule has 2 aliphatic heterocycles. The summed E-state index contributed by atoms with van der Waals surface area (Å²) < 4.78 is 5.70. The fourth-order valence-electron chi connectivity index (χ4n) is 2.33. The first-order valence-corrected chi connectivity index (χ1v) is 8.11. The van der Waals surface area contributed by atoms with Crippen LogP contribution in [0.4, 0.5) is 0 Å². The largest absolute Gasteiger partial charge is 0.479 e. The van der Waals surface area contributed by atoms with E-state index in [1.54, 1.807) is 0 Å². The van der Waals surface area contributed by atoms with Crippen molar-refractivity contribution in [3.05, 3.63) is 0 Å². The highest BCUT2D eigenvalue weighted by Gasteiger charge is 2.28. The van der Waals surface area contributed by atoms with E-state index in [9.17, 15) is 0 Å². The van der Waals surface area contributed by atoms with Gasteiger partial charge in [-0.25, -0.2) is 4.99 Å². The number of hydrogen-bond donors (Lipinski definition) is 0. The van der Waals surface area contributed by atoms with E-state index in [1.165, 1.54) is 19.0 Å². The Balaban J connectivity index is 1.87. The molecule has 2 rings (SSSR count). The summed E-state index contributed by atoms with van der Waals surface area (Å²) in [7, 11) is 0.265. The molecule has 0 radical (unpaired) electrons. The molecular formula is C12H22NOP. The molecule has 3 atom stereocenters. The van der Waals surface area contributed by atoms with Crippen molar-refractivity contribution in [1.82, 2.24) is 0 Å². The molecule has 0 amide bonds. The van der Waals surface area contributed by atoms with Crippen LogP contribution in [0.2, 0.25) is 0 Å². The SMILES string of the molecule is CC(C)[C@H]1COC(C[C@H]2CCCP2C)=N1. The third-order valence-electron chi connectivity index (χ3n) is 3.58. The minimum atomic E-state index is 0.265. The smallest absolute Gasteiger partial charge is 0.184 e. The molecule has 1 fully saturated rings. The van der Waals surface area contributed by atoms with Gasteiger partial charge in [0.25, 0.3) is 0 Å². The van der Waals surface area contributed by atoms with E-state index in [4.69, 9.17) is 9.73 Å². The highest BCUT2D eigenvalue weighted by atomic mass is 31.1. The minimum Gasteiger partial charge on any atom is -0.479 e. The lowest BCUT2D eigenvalue weighted by molar-refractivity contribution is 0.285. The van der Waals surface area contributed by atoms with Crippen molar-refractivity contribution in [1.29, 1.82) is 0 Å². The summed E-state index contributed by atoms with van der Waals surface area (Å²) in [4.78, 5) is 4.69. The van der Waals surface area contributed by atoms with Gasteiger partial charge in [0, 0.05) is 6.42 Å². The molecule has 3 heteroatoms. The Morgan fingerprint density at radius 3 is 2.87 bits per heavy atom. The lowest BCUT2D eigenvalue weighted by atomic mass is 10.1. The van der Waals surface area contributed by atoms with Crippen molar-refractivity contribution in [2.45, 2.75) is 44.8 Å². The molecule has 0 spiro atoms. The molecule has 86 valence electrons. The molecule has 0 aromatic heterocycles. The lowest BCUT2D eigenvalue weighted by Gasteiger charge is -2.14. The maximum Gasteiger partial charge on any atom is 0.184 e. The predicted octanol–water partition coefficient (Wildman–Crippen LogP) is 3.10. The van der Waals surface area contributed by atoms with Crippen LogP contribution in [-0.2, 0) is 4.74 Å². The molecule has 1 saturated heterocycles. The second kappa shape index (κ2) is 4.82. The Labute approximate surface area is 94.3 Å². The van der Waals surface area contributed by atoms with Gasteiger partial charge >= 0.3 is 0 Å². The van der Waals surface area contributed by atoms with Crippen LogP contribution in [0.5, 0.6) is 0 Å². The molecule has 15 heavy (non-hydrogen) atoms. The van der Waals surface area contributed by atoms with Crippen molar-refractivity contribution >= 4 is 13.8 Å². The highest BCUT2D eigenvalue weighted by Crippen LogP contribution is 2.48. The second-order valence-corrected chi connectivity index (χ2v) is 7.82. The van der Waals surface area contributed by atoms with Crippen LogP contribution in [0.25, 0.3) is 0 Å². The Kier molecular flexibility index (Phi) is 3.66. The number of hydrogen-bond acceptors (Lipinski definition) is 2. The third-order valence-corrected chi connectivity index (χ3v) is 6.29. The Hall–Kier alpha value is -0.100. The van der Waals surface area contributed by atoms with Crippen molar-refractivity contribution in [3.63, 3.8) is 0 Å². The molecule has 1 unspecified atom stereocenters. The maximum atomic E-state index is 5.70. The van der Waals surface area contributed by atoms with Crippen LogP contribution < -0.4 is 0 Å². The second-order valence-electron chi connectivity index (χ2n) is 5.13. The zero-order valence-electron chi connectivity index (χ0n) is 10.1. The van der Waals surface area contributed by atoms with Gasteiger partial charge in [-0.3, -0.25) is 0 Å². The summed E-state index contributed by atoms with van der Waals surface area (Å²) in [6, 6.07) is 0.421. The van der Waals surface area contributed by atoms with Gasteiger partial charge in [0.1, 0.15) is 6.61 Å². The zero-order valence-corrected chi connectivity index (χ0v) is 11.0. The summed E-state index contributed by atoms with van der Waals surface area (Å²) >= 11 is 0. The van der Waals surface area contributed by atoms with Gasteiger partial charge in [0.05, 0.1) is 6.04 Å². The van der Waals surface area contributed by atoms with E-state index < -0.39 is 0 Å². The van der Waals surface area contributed by atoms with Crippen molar-refractivity contribution in [3.8, 4) is 0 Å². The molecule has 2 heterocycles. The van der Waals surface area contributed by atoms with Crippen molar-refractivity contribution in [2.75, 3.05) is 19.4 Å². The number of ether oxygens (including phenoxy) is 1. The highest BCUT2D eigenvalue weighted by molar-refractivity contribution is 7.57. The summed E-state index contributed by atoms with van der Waals surface area (Å²) in [6.07, 6.45) is 5.40. The average Bonchev–Trinajstić information content (AvgIpc) is 2.77. The van der Waals surface area contributed by atoms with Gasteiger partial charge in [-0.2, -0.15) is 0 Å². The van der Waals surface area contributed by atoms with Crippen molar-refractivity contribution < 1.29 is 4.74 Å². The van der Waals surface area contributed by atoms with Gasteiger partial charge in [0.15, 0.2) is 5.90 Å². The monoisotopic (exact) mass is 227 g/mol. The van der Waals surface area contributed by atoms with Gasteiger partial charge in [-0.15, -0.1) is 7.92 Å². The van der Waals surface area contributed by atoms with Crippen molar-refractivity contribution in [2.24, 2.45) is 10.9 Å². The molecule has 0 bridgehead atoms. The van der Waals surface area contributed by atoms with E-state index in [0.717, 1.165) is 24.6 Å². The Morgan fingerprint density at radius 1 is 1.53 bits per heavy atom. The number of rotatable bonds is 3. The molecule has 0 saturated carbocycles. The van der Waals surface area contributed by atoms with E-state index >= 15 is 0 Å². The molecule has 0 aromatic rings. The molecule has 0 N–H and O–H groups in total. The van der Waals surface area contributed by atoms with Crippen LogP contribution in [0.3, 0.4) is 0 Å². The minimum absolute atomic E-state index is 0.265. The third kappa shape index (κ3) is 2.72. The van der Waals surface area contributed by atoms with E-state index in [-0.39, 0.29) is 7.92 Å². The topological polar surface area (TPSA) is 21.6 Å². The first kappa shape index (κ1) is 11.4. The molecule has 2 nitrogen and oxygen atoms in total. The fraction of sp³-hybridized carbons (Fsp3) is 0.917.